The topological polar surface area (TPSA) is 0 Å². The molecule has 0 aliphatic rings. The van der Waals surface area contributed by atoms with Crippen molar-refractivity contribution in [2.75, 3.05) is 0 Å². The van der Waals surface area contributed by atoms with Gasteiger partial charge in [-0.15, -0.1) is 0 Å². The summed E-state index contributed by atoms with van der Waals surface area (Å²) in [5, 5.41) is 0. The van der Waals surface area contributed by atoms with E-state index in [-0.39, 0.29) is 0 Å². The molecule has 0 saturated carbocycles. The summed E-state index contributed by atoms with van der Waals surface area (Å²) in [6.45, 7) is 4.50. The SMILES string of the molecule is CCc1ccccc1C(c1ccccc1I)c1ccccc1CC. The standard InChI is InChI=1S/C23H23I/c1-3-17-11-5-7-13-19(17)23(21-15-9-10-16-22(21)24)20-14-8-6-12-18(20)4-2/h5-16,23H,3-4H2,1-2H3. The molecule has 0 amide bonds. The minimum atomic E-state index is 0.297. The Morgan fingerprint density at radius 2 is 1.04 bits per heavy atom. The number of hydrogen-bond acceptors (Lipinski definition) is 0. The molecule has 0 atom stereocenters. The van der Waals surface area contributed by atoms with Gasteiger partial charge in [-0.1, -0.05) is 80.6 Å². The van der Waals surface area contributed by atoms with Gasteiger partial charge >= 0.3 is 0 Å². The summed E-state index contributed by atoms with van der Waals surface area (Å²) in [7, 11) is 0. The monoisotopic (exact) mass is 426 g/mol. The molecule has 3 rings (SSSR count). The number of benzene rings is 3. The molecule has 0 aromatic heterocycles. The molecule has 0 spiro atoms. The lowest BCUT2D eigenvalue weighted by atomic mass is 9.80. The highest BCUT2D eigenvalue weighted by molar-refractivity contribution is 14.1. The summed E-state index contributed by atoms with van der Waals surface area (Å²) in [4.78, 5) is 0. The highest BCUT2D eigenvalue weighted by Crippen LogP contribution is 2.38. The van der Waals surface area contributed by atoms with Crippen LogP contribution in [0.4, 0.5) is 0 Å². The van der Waals surface area contributed by atoms with Crippen molar-refractivity contribution in [2.45, 2.75) is 32.6 Å². The number of aryl methyl sites for hydroxylation is 2. The second-order valence-electron chi connectivity index (χ2n) is 6.06. The van der Waals surface area contributed by atoms with Crippen molar-refractivity contribution in [3.8, 4) is 0 Å². The number of hydrogen-bond donors (Lipinski definition) is 0. The van der Waals surface area contributed by atoms with Gasteiger partial charge in [-0.25, -0.2) is 0 Å². The van der Waals surface area contributed by atoms with Crippen LogP contribution in [0, 0.1) is 3.57 Å². The lowest BCUT2D eigenvalue weighted by molar-refractivity contribution is 0.907. The molecule has 3 aromatic rings. The number of halogens is 1. The molecule has 0 aliphatic heterocycles. The van der Waals surface area contributed by atoms with Gasteiger partial charge in [0.15, 0.2) is 0 Å². The van der Waals surface area contributed by atoms with Crippen LogP contribution in [0.25, 0.3) is 0 Å². The van der Waals surface area contributed by atoms with Crippen molar-refractivity contribution in [1.82, 2.24) is 0 Å². The zero-order valence-corrected chi connectivity index (χ0v) is 16.5. The summed E-state index contributed by atoms with van der Waals surface area (Å²) in [6, 6.07) is 26.6. The van der Waals surface area contributed by atoms with Gasteiger partial charge in [0, 0.05) is 9.49 Å². The Kier molecular flexibility index (Phi) is 5.72. The third-order valence-corrected chi connectivity index (χ3v) is 5.69. The van der Waals surface area contributed by atoms with Crippen molar-refractivity contribution in [1.29, 1.82) is 0 Å². The van der Waals surface area contributed by atoms with Crippen LogP contribution >= 0.6 is 22.6 Å². The number of rotatable bonds is 5. The molecular weight excluding hydrogens is 403 g/mol. The first-order valence-corrected chi connectivity index (χ1v) is 9.74. The Morgan fingerprint density at radius 1 is 0.625 bits per heavy atom. The van der Waals surface area contributed by atoms with Gasteiger partial charge in [0.2, 0.25) is 0 Å². The maximum Gasteiger partial charge on any atom is 0.0355 e. The van der Waals surface area contributed by atoms with Gasteiger partial charge in [-0.2, -0.15) is 0 Å². The fourth-order valence-corrected chi connectivity index (χ4v) is 4.19. The van der Waals surface area contributed by atoms with Crippen LogP contribution in [0.5, 0.6) is 0 Å². The van der Waals surface area contributed by atoms with E-state index in [1.807, 2.05) is 0 Å². The minimum absolute atomic E-state index is 0.297. The fourth-order valence-electron chi connectivity index (χ4n) is 3.49. The summed E-state index contributed by atoms with van der Waals surface area (Å²) in [5.41, 5.74) is 7.15. The van der Waals surface area contributed by atoms with E-state index in [0.29, 0.717) is 5.92 Å². The van der Waals surface area contributed by atoms with Gasteiger partial charge in [0.05, 0.1) is 0 Å². The summed E-state index contributed by atoms with van der Waals surface area (Å²) in [6.07, 6.45) is 2.12. The summed E-state index contributed by atoms with van der Waals surface area (Å²) < 4.78 is 1.33. The smallest absolute Gasteiger partial charge is 0.0355 e. The molecule has 3 aromatic carbocycles. The van der Waals surface area contributed by atoms with Crippen LogP contribution in [-0.2, 0) is 12.8 Å². The van der Waals surface area contributed by atoms with Gasteiger partial charge in [-0.05, 0) is 69.3 Å². The van der Waals surface area contributed by atoms with E-state index in [1.54, 1.807) is 0 Å². The average molecular weight is 426 g/mol. The van der Waals surface area contributed by atoms with E-state index >= 15 is 0 Å². The largest absolute Gasteiger partial charge is 0.0620 e. The zero-order chi connectivity index (χ0) is 16.9. The van der Waals surface area contributed by atoms with Crippen molar-refractivity contribution in [3.63, 3.8) is 0 Å². The van der Waals surface area contributed by atoms with E-state index in [0.717, 1.165) is 12.8 Å². The molecule has 0 N–H and O–H groups in total. The van der Waals surface area contributed by atoms with Gasteiger partial charge in [0.25, 0.3) is 0 Å². The van der Waals surface area contributed by atoms with Crippen LogP contribution in [0.3, 0.4) is 0 Å². The van der Waals surface area contributed by atoms with Crippen molar-refractivity contribution in [2.24, 2.45) is 0 Å². The Labute approximate surface area is 159 Å². The maximum absolute atomic E-state index is 2.48. The van der Waals surface area contributed by atoms with Crippen LogP contribution in [0.1, 0.15) is 47.6 Å². The first-order chi connectivity index (χ1) is 11.8. The van der Waals surface area contributed by atoms with Gasteiger partial charge in [0.1, 0.15) is 0 Å². The Hall–Kier alpha value is -1.61. The van der Waals surface area contributed by atoms with Crippen molar-refractivity contribution < 1.29 is 0 Å². The quantitative estimate of drug-likeness (QED) is 0.319. The molecule has 0 bridgehead atoms. The normalized spacial score (nSPS) is 11.0. The zero-order valence-electron chi connectivity index (χ0n) is 14.3. The first kappa shape index (κ1) is 17.2. The van der Waals surface area contributed by atoms with Crippen LogP contribution < -0.4 is 0 Å². The molecule has 0 unspecified atom stereocenters. The van der Waals surface area contributed by atoms with Gasteiger partial charge < -0.3 is 0 Å². The highest BCUT2D eigenvalue weighted by Gasteiger charge is 2.22. The molecule has 0 nitrogen and oxygen atoms in total. The lowest BCUT2D eigenvalue weighted by Crippen LogP contribution is -2.10. The summed E-state index contributed by atoms with van der Waals surface area (Å²) >= 11 is 2.48. The molecule has 24 heavy (non-hydrogen) atoms. The molecule has 0 fully saturated rings. The molecule has 122 valence electrons. The molecule has 0 heterocycles. The predicted octanol–water partition coefficient (Wildman–Crippen LogP) is 6.60. The van der Waals surface area contributed by atoms with Crippen molar-refractivity contribution >= 4 is 22.6 Å². The second-order valence-corrected chi connectivity index (χ2v) is 7.22. The Bertz CT molecular complexity index is 772. The van der Waals surface area contributed by atoms with E-state index in [9.17, 15) is 0 Å². The second kappa shape index (κ2) is 7.98. The molecular formula is C23H23I. The highest BCUT2D eigenvalue weighted by atomic mass is 127. The van der Waals surface area contributed by atoms with Crippen LogP contribution in [-0.4, -0.2) is 0 Å². The van der Waals surface area contributed by atoms with E-state index in [2.05, 4.69) is 109 Å². The molecule has 1 heteroatoms. The molecule has 0 aliphatic carbocycles. The average Bonchev–Trinajstić information content (AvgIpc) is 2.64. The Balaban J connectivity index is 2.28. The Morgan fingerprint density at radius 3 is 1.50 bits per heavy atom. The van der Waals surface area contributed by atoms with Crippen LogP contribution in [0.2, 0.25) is 0 Å². The molecule has 0 radical (unpaired) electrons. The third kappa shape index (κ3) is 3.41. The van der Waals surface area contributed by atoms with E-state index < -0.39 is 0 Å². The van der Waals surface area contributed by atoms with Crippen LogP contribution in [0.15, 0.2) is 72.8 Å². The van der Waals surface area contributed by atoms with E-state index in [4.69, 9.17) is 0 Å². The maximum atomic E-state index is 2.48. The first-order valence-electron chi connectivity index (χ1n) is 8.66. The predicted molar refractivity (Wildman–Crippen MR) is 112 cm³/mol. The lowest BCUT2D eigenvalue weighted by Gasteiger charge is -2.25. The third-order valence-electron chi connectivity index (χ3n) is 4.71. The van der Waals surface area contributed by atoms with Gasteiger partial charge in [-0.3, -0.25) is 0 Å². The minimum Gasteiger partial charge on any atom is -0.0620 e. The van der Waals surface area contributed by atoms with Crippen molar-refractivity contribution in [3.05, 3.63) is 104 Å². The fraction of sp³-hybridized carbons (Fsp3) is 0.217. The van der Waals surface area contributed by atoms with E-state index in [1.165, 1.54) is 31.4 Å². The molecule has 0 saturated heterocycles. The summed E-state index contributed by atoms with van der Waals surface area (Å²) in [5.74, 6) is 0.297.